The van der Waals surface area contributed by atoms with Gasteiger partial charge in [-0.2, -0.15) is 0 Å². The molecule has 0 radical (unpaired) electrons. The third-order valence-corrected chi connectivity index (χ3v) is 2.02. The molecule has 1 aromatic rings. The molecule has 0 aromatic carbocycles. The maximum Gasteiger partial charge on any atom is 0.340 e. The highest BCUT2D eigenvalue weighted by Crippen LogP contribution is 2.15. The fraction of sp³-hybridized carbons (Fsp3) is 0.333. The Hall–Kier alpha value is -0.800. The average molecular weight is 234 g/mol. The quantitative estimate of drug-likeness (QED) is 0.596. The molecular formula is C9H9Cl2NO2. The lowest BCUT2D eigenvalue weighted by Gasteiger charge is -2.05. The molecule has 0 spiro atoms. The molecular weight excluding hydrogens is 225 g/mol. The van der Waals surface area contributed by atoms with Gasteiger partial charge in [-0.15, -0.1) is 11.6 Å². The van der Waals surface area contributed by atoms with Crippen molar-refractivity contribution in [3.05, 3.63) is 28.5 Å². The van der Waals surface area contributed by atoms with Gasteiger partial charge in [0.25, 0.3) is 0 Å². The van der Waals surface area contributed by atoms with Gasteiger partial charge in [0.2, 0.25) is 0 Å². The topological polar surface area (TPSA) is 39.2 Å². The van der Waals surface area contributed by atoms with Crippen LogP contribution >= 0.6 is 23.2 Å². The molecule has 1 heterocycles. The summed E-state index contributed by atoms with van der Waals surface area (Å²) in [4.78, 5) is 15.3. The van der Waals surface area contributed by atoms with Crippen LogP contribution in [0.4, 0.5) is 0 Å². The SMILES string of the molecule is CCOC(=O)c1cc(Cl)cnc1CCl. The third-order valence-electron chi connectivity index (χ3n) is 1.56. The molecule has 0 N–H and O–H groups in total. The smallest absolute Gasteiger partial charge is 0.340 e. The molecule has 14 heavy (non-hydrogen) atoms. The van der Waals surface area contributed by atoms with Crippen LogP contribution in [-0.4, -0.2) is 17.6 Å². The molecule has 0 atom stereocenters. The molecule has 3 nitrogen and oxygen atoms in total. The maximum atomic E-state index is 11.4. The first-order chi connectivity index (χ1) is 6.69. The van der Waals surface area contributed by atoms with Crippen molar-refractivity contribution < 1.29 is 9.53 Å². The number of esters is 1. The molecule has 0 aliphatic carbocycles. The van der Waals surface area contributed by atoms with Crippen LogP contribution in [0.25, 0.3) is 0 Å². The van der Waals surface area contributed by atoms with Crippen LogP contribution in [-0.2, 0) is 10.6 Å². The highest BCUT2D eigenvalue weighted by Gasteiger charge is 2.13. The van der Waals surface area contributed by atoms with Crippen molar-refractivity contribution in [2.24, 2.45) is 0 Å². The second-order valence-electron chi connectivity index (χ2n) is 2.50. The van der Waals surface area contributed by atoms with E-state index in [1.165, 1.54) is 12.3 Å². The average Bonchev–Trinajstić information content (AvgIpc) is 2.18. The van der Waals surface area contributed by atoms with Gasteiger partial charge >= 0.3 is 5.97 Å². The van der Waals surface area contributed by atoms with E-state index in [-0.39, 0.29) is 5.88 Å². The van der Waals surface area contributed by atoms with E-state index < -0.39 is 5.97 Å². The van der Waals surface area contributed by atoms with Gasteiger partial charge in [-0.3, -0.25) is 4.98 Å². The number of nitrogens with zero attached hydrogens (tertiary/aromatic N) is 1. The van der Waals surface area contributed by atoms with E-state index in [1.54, 1.807) is 6.92 Å². The highest BCUT2D eigenvalue weighted by atomic mass is 35.5. The van der Waals surface area contributed by atoms with Gasteiger partial charge in [-0.05, 0) is 13.0 Å². The van der Waals surface area contributed by atoms with Gasteiger partial charge in [0.1, 0.15) is 0 Å². The molecule has 0 bridgehead atoms. The summed E-state index contributed by atoms with van der Waals surface area (Å²) in [6.07, 6.45) is 1.45. The summed E-state index contributed by atoms with van der Waals surface area (Å²) in [5, 5.41) is 0.391. The van der Waals surface area contributed by atoms with Crippen molar-refractivity contribution in [1.82, 2.24) is 4.98 Å². The minimum atomic E-state index is -0.446. The first kappa shape index (κ1) is 11.3. The molecule has 0 aliphatic rings. The standard InChI is InChI=1S/C9H9Cl2NO2/c1-2-14-9(13)7-3-6(11)5-12-8(7)4-10/h3,5H,2,4H2,1H3. The summed E-state index contributed by atoms with van der Waals surface area (Å²) < 4.78 is 4.83. The number of ether oxygens (including phenoxy) is 1. The Balaban J connectivity index is 3.03. The van der Waals surface area contributed by atoms with Gasteiger partial charge in [-0.1, -0.05) is 11.6 Å². The first-order valence-corrected chi connectivity index (χ1v) is 4.97. The summed E-state index contributed by atoms with van der Waals surface area (Å²) in [5.41, 5.74) is 0.809. The second kappa shape index (κ2) is 5.17. The normalized spacial score (nSPS) is 9.93. The van der Waals surface area contributed by atoms with Crippen LogP contribution in [0, 0.1) is 0 Å². The second-order valence-corrected chi connectivity index (χ2v) is 3.21. The molecule has 0 unspecified atom stereocenters. The number of hydrogen-bond donors (Lipinski definition) is 0. The Kier molecular flexibility index (Phi) is 4.17. The number of hydrogen-bond acceptors (Lipinski definition) is 3. The number of carbonyl (C=O) groups is 1. The summed E-state index contributed by atoms with van der Waals surface area (Å²) in [6, 6.07) is 1.50. The van der Waals surface area contributed by atoms with E-state index in [0.29, 0.717) is 22.9 Å². The number of pyridine rings is 1. The number of aromatic nitrogens is 1. The summed E-state index contributed by atoms with van der Waals surface area (Å²) >= 11 is 11.3. The molecule has 1 rings (SSSR count). The van der Waals surface area contributed by atoms with E-state index >= 15 is 0 Å². The van der Waals surface area contributed by atoms with Crippen LogP contribution in [0.5, 0.6) is 0 Å². The van der Waals surface area contributed by atoms with Crippen molar-refractivity contribution in [2.45, 2.75) is 12.8 Å². The van der Waals surface area contributed by atoms with E-state index in [0.717, 1.165) is 0 Å². The van der Waals surface area contributed by atoms with Crippen molar-refractivity contribution in [2.75, 3.05) is 6.61 Å². The van der Waals surface area contributed by atoms with Crippen molar-refractivity contribution in [1.29, 1.82) is 0 Å². The van der Waals surface area contributed by atoms with Crippen LogP contribution in [0.3, 0.4) is 0 Å². The number of carbonyl (C=O) groups excluding carboxylic acids is 1. The van der Waals surface area contributed by atoms with Crippen molar-refractivity contribution >= 4 is 29.2 Å². The minimum Gasteiger partial charge on any atom is -0.462 e. The molecule has 0 saturated carbocycles. The first-order valence-electron chi connectivity index (χ1n) is 4.06. The van der Waals surface area contributed by atoms with E-state index in [4.69, 9.17) is 27.9 Å². The lowest BCUT2D eigenvalue weighted by Crippen LogP contribution is -2.08. The molecule has 0 saturated heterocycles. The number of alkyl halides is 1. The predicted molar refractivity (Wildman–Crippen MR) is 54.8 cm³/mol. The maximum absolute atomic E-state index is 11.4. The molecule has 5 heteroatoms. The van der Waals surface area contributed by atoms with E-state index in [1.807, 2.05) is 0 Å². The lowest BCUT2D eigenvalue weighted by atomic mass is 10.2. The highest BCUT2D eigenvalue weighted by molar-refractivity contribution is 6.30. The van der Waals surface area contributed by atoms with Crippen LogP contribution in [0.15, 0.2) is 12.3 Å². The number of rotatable bonds is 3. The molecule has 1 aromatic heterocycles. The Bertz CT molecular complexity index is 342. The van der Waals surface area contributed by atoms with Crippen molar-refractivity contribution in [3.63, 3.8) is 0 Å². The van der Waals surface area contributed by atoms with Gasteiger partial charge in [0.15, 0.2) is 0 Å². The molecule has 0 aliphatic heterocycles. The monoisotopic (exact) mass is 233 g/mol. The van der Waals surface area contributed by atoms with Crippen LogP contribution in [0.1, 0.15) is 23.0 Å². The van der Waals surface area contributed by atoms with Gasteiger partial charge < -0.3 is 4.74 Å². The summed E-state index contributed by atoms with van der Waals surface area (Å²) in [5.74, 6) is -0.288. The Morgan fingerprint density at radius 1 is 1.64 bits per heavy atom. The largest absolute Gasteiger partial charge is 0.462 e. The molecule has 0 amide bonds. The molecule has 0 fully saturated rings. The molecule has 76 valence electrons. The fourth-order valence-corrected chi connectivity index (χ4v) is 1.33. The van der Waals surface area contributed by atoms with Gasteiger partial charge in [0, 0.05) is 6.20 Å². The third kappa shape index (κ3) is 2.59. The zero-order valence-corrected chi connectivity index (χ0v) is 9.10. The predicted octanol–water partition coefficient (Wildman–Crippen LogP) is 2.65. The minimum absolute atomic E-state index is 0.158. The van der Waals surface area contributed by atoms with E-state index in [9.17, 15) is 4.79 Å². The Morgan fingerprint density at radius 2 is 2.36 bits per heavy atom. The fourth-order valence-electron chi connectivity index (χ4n) is 0.960. The van der Waals surface area contributed by atoms with Crippen molar-refractivity contribution in [3.8, 4) is 0 Å². The summed E-state index contributed by atoms with van der Waals surface area (Å²) in [6.45, 7) is 2.04. The van der Waals surface area contributed by atoms with E-state index in [2.05, 4.69) is 4.98 Å². The lowest BCUT2D eigenvalue weighted by molar-refractivity contribution is 0.0525. The Labute approximate surface area is 92.0 Å². The van der Waals surface area contributed by atoms with Crippen LogP contribution < -0.4 is 0 Å². The summed E-state index contributed by atoms with van der Waals surface area (Å²) in [7, 11) is 0. The number of halogens is 2. The zero-order chi connectivity index (χ0) is 10.6. The van der Waals surface area contributed by atoms with Crippen LogP contribution in [0.2, 0.25) is 5.02 Å². The van der Waals surface area contributed by atoms with Gasteiger partial charge in [-0.25, -0.2) is 4.79 Å². The Morgan fingerprint density at radius 3 is 2.93 bits per heavy atom. The zero-order valence-electron chi connectivity index (χ0n) is 7.59. The van der Waals surface area contributed by atoms with Gasteiger partial charge in [0.05, 0.1) is 28.8 Å².